The van der Waals surface area contributed by atoms with Crippen molar-refractivity contribution in [3.05, 3.63) is 30.1 Å². The van der Waals surface area contributed by atoms with E-state index in [9.17, 15) is 9.59 Å². The third kappa shape index (κ3) is 3.27. The molecule has 0 aromatic carbocycles. The maximum absolute atomic E-state index is 11.6. The Bertz CT molecular complexity index is 405. The second kappa shape index (κ2) is 5.43. The van der Waals surface area contributed by atoms with E-state index in [2.05, 4.69) is 15.6 Å². The molecule has 90 valence electrons. The summed E-state index contributed by atoms with van der Waals surface area (Å²) in [6.07, 6.45) is 3.47. The highest BCUT2D eigenvalue weighted by atomic mass is 16.2. The molecule has 2 N–H and O–H groups in total. The summed E-state index contributed by atoms with van der Waals surface area (Å²) in [5, 5.41) is 5.44. The first-order valence-electron chi connectivity index (χ1n) is 5.72. The van der Waals surface area contributed by atoms with Gasteiger partial charge in [-0.2, -0.15) is 0 Å². The number of carbonyl (C=O) groups excluding carboxylic acids is 2. The fourth-order valence-corrected chi connectivity index (χ4v) is 1.79. The molecule has 1 aromatic heterocycles. The number of pyridine rings is 1. The molecule has 2 rings (SSSR count). The summed E-state index contributed by atoms with van der Waals surface area (Å²) in [5.74, 6) is -0.151. The zero-order chi connectivity index (χ0) is 12.1. The predicted molar refractivity (Wildman–Crippen MR) is 62.1 cm³/mol. The van der Waals surface area contributed by atoms with E-state index in [4.69, 9.17) is 0 Å². The van der Waals surface area contributed by atoms with Crippen LogP contribution >= 0.6 is 0 Å². The topological polar surface area (TPSA) is 71.1 Å². The fraction of sp³-hybridized carbons (Fsp3) is 0.417. The van der Waals surface area contributed by atoms with Crippen molar-refractivity contribution >= 4 is 11.8 Å². The summed E-state index contributed by atoms with van der Waals surface area (Å²) in [5.41, 5.74) is 0.947. The summed E-state index contributed by atoms with van der Waals surface area (Å²) >= 11 is 0. The quantitative estimate of drug-likeness (QED) is 0.770. The van der Waals surface area contributed by atoms with Crippen molar-refractivity contribution in [2.45, 2.75) is 25.3 Å². The summed E-state index contributed by atoms with van der Waals surface area (Å²) in [7, 11) is 0. The van der Waals surface area contributed by atoms with Crippen LogP contribution in [0.1, 0.15) is 18.5 Å². The minimum atomic E-state index is -0.355. The zero-order valence-electron chi connectivity index (χ0n) is 9.48. The zero-order valence-corrected chi connectivity index (χ0v) is 9.48. The van der Waals surface area contributed by atoms with Crippen LogP contribution in [0.15, 0.2) is 24.4 Å². The van der Waals surface area contributed by atoms with Crippen LogP contribution in [0, 0.1) is 0 Å². The van der Waals surface area contributed by atoms with Gasteiger partial charge in [0, 0.05) is 31.3 Å². The molecule has 0 spiro atoms. The smallest absolute Gasteiger partial charge is 0.242 e. The van der Waals surface area contributed by atoms with Crippen LogP contribution < -0.4 is 10.6 Å². The number of nitrogens with one attached hydrogen (secondary N) is 2. The third-order valence-electron chi connectivity index (χ3n) is 2.72. The van der Waals surface area contributed by atoms with Crippen molar-refractivity contribution < 1.29 is 9.59 Å². The predicted octanol–water partition coefficient (Wildman–Crippen LogP) is 0.0189. The minimum absolute atomic E-state index is 0.0464. The van der Waals surface area contributed by atoms with Gasteiger partial charge in [-0.05, 0) is 18.6 Å². The number of amides is 2. The Balaban J connectivity index is 1.72. The van der Waals surface area contributed by atoms with Gasteiger partial charge in [0.25, 0.3) is 0 Å². The molecular formula is C12H15N3O2. The second-order valence-electron chi connectivity index (χ2n) is 4.02. The molecule has 2 heterocycles. The molecule has 1 saturated heterocycles. The van der Waals surface area contributed by atoms with Crippen LogP contribution in [-0.2, 0) is 16.0 Å². The maximum atomic E-state index is 11.6. The normalized spacial score (nSPS) is 18.8. The minimum Gasteiger partial charge on any atom is -0.354 e. The average Bonchev–Trinajstić information content (AvgIpc) is 2.77. The highest BCUT2D eigenvalue weighted by Gasteiger charge is 2.26. The number of aromatic nitrogens is 1. The molecule has 1 aliphatic rings. The molecule has 1 unspecified atom stereocenters. The lowest BCUT2D eigenvalue weighted by atomic mass is 10.2. The van der Waals surface area contributed by atoms with Gasteiger partial charge in [-0.3, -0.25) is 14.6 Å². The highest BCUT2D eigenvalue weighted by molar-refractivity contribution is 5.90. The first-order valence-corrected chi connectivity index (χ1v) is 5.72. The van der Waals surface area contributed by atoms with E-state index < -0.39 is 0 Å². The van der Waals surface area contributed by atoms with Crippen molar-refractivity contribution in [1.82, 2.24) is 15.6 Å². The van der Waals surface area contributed by atoms with Crippen molar-refractivity contribution in [2.75, 3.05) is 6.54 Å². The molecule has 1 aliphatic heterocycles. The number of rotatable bonds is 4. The van der Waals surface area contributed by atoms with E-state index >= 15 is 0 Å². The van der Waals surface area contributed by atoms with E-state index in [1.807, 2.05) is 18.2 Å². The fourth-order valence-electron chi connectivity index (χ4n) is 1.79. The molecule has 0 aliphatic carbocycles. The van der Waals surface area contributed by atoms with Crippen molar-refractivity contribution in [3.8, 4) is 0 Å². The molecule has 0 bridgehead atoms. The van der Waals surface area contributed by atoms with Crippen LogP contribution in [-0.4, -0.2) is 29.4 Å². The maximum Gasteiger partial charge on any atom is 0.242 e. The van der Waals surface area contributed by atoms with Gasteiger partial charge in [-0.15, -0.1) is 0 Å². The first kappa shape index (κ1) is 11.6. The Kier molecular flexibility index (Phi) is 3.69. The molecule has 5 nitrogen and oxygen atoms in total. The van der Waals surface area contributed by atoms with Gasteiger partial charge in [-0.25, -0.2) is 0 Å². The monoisotopic (exact) mass is 233 g/mol. The van der Waals surface area contributed by atoms with Gasteiger partial charge >= 0.3 is 0 Å². The standard InChI is InChI=1S/C12H15N3O2/c16-11-5-4-10(15-11)12(17)14-8-6-9-3-1-2-7-13-9/h1-3,7,10H,4-6,8H2,(H,14,17)(H,15,16). The lowest BCUT2D eigenvalue weighted by Gasteiger charge is -2.10. The molecule has 1 aromatic rings. The van der Waals surface area contributed by atoms with Crippen molar-refractivity contribution in [2.24, 2.45) is 0 Å². The summed E-state index contributed by atoms with van der Waals surface area (Å²) < 4.78 is 0. The van der Waals surface area contributed by atoms with Crippen LogP contribution in [0.3, 0.4) is 0 Å². The Morgan fingerprint density at radius 2 is 2.41 bits per heavy atom. The van der Waals surface area contributed by atoms with Gasteiger partial charge < -0.3 is 10.6 Å². The lowest BCUT2D eigenvalue weighted by Crippen LogP contribution is -2.42. The van der Waals surface area contributed by atoms with Crippen LogP contribution in [0.4, 0.5) is 0 Å². The molecule has 17 heavy (non-hydrogen) atoms. The van der Waals surface area contributed by atoms with Gasteiger partial charge in [0.05, 0.1) is 0 Å². The Morgan fingerprint density at radius 1 is 1.53 bits per heavy atom. The highest BCUT2D eigenvalue weighted by Crippen LogP contribution is 2.06. The van der Waals surface area contributed by atoms with Crippen molar-refractivity contribution in [3.63, 3.8) is 0 Å². The SMILES string of the molecule is O=C1CCC(C(=O)NCCc2ccccn2)N1. The number of nitrogens with zero attached hydrogens (tertiary/aromatic N) is 1. The summed E-state index contributed by atoms with van der Waals surface area (Å²) in [6, 6.07) is 5.34. The van der Waals surface area contributed by atoms with Gasteiger partial charge in [0.1, 0.15) is 6.04 Å². The second-order valence-corrected chi connectivity index (χ2v) is 4.02. The molecule has 1 atom stereocenters. The van der Waals surface area contributed by atoms with Crippen LogP contribution in [0.5, 0.6) is 0 Å². The number of hydrogen-bond donors (Lipinski definition) is 2. The third-order valence-corrected chi connectivity index (χ3v) is 2.72. The van der Waals surface area contributed by atoms with Crippen molar-refractivity contribution in [1.29, 1.82) is 0 Å². The molecule has 5 heteroatoms. The largest absolute Gasteiger partial charge is 0.354 e. The number of hydrogen-bond acceptors (Lipinski definition) is 3. The van der Waals surface area contributed by atoms with Gasteiger partial charge in [0.15, 0.2) is 0 Å². The Morgan fingerprint density at radius 3 is 3.06 bits per heavy atom. The van der Waals surface area contributed by atoms with E-state index in [0.717, 1.165) is 5.69 Å². The van der Waals surface area contributed by atoms with Gasteiger partial charge in [-0.1, -0.05) is 6.07 Å². The summed E-state index contributed by atoms with van der Waals surface area (Å²) in [6.45, 7) is 0.544. The van der Waals surface area contributed by atoms with E-state index in [1.54, 1.807) is 6.20 Å². The Hall–Kier alpha value is -1.91. The summed E-state index contributed by atoms with van der Waals surface area (Å²) in [4.78, 5) is 26.8. The van der Waals surface area contributed by atoms with Crippen LogP contribution in [0.2, 0.25) is 0 Å². The van der Waals surface area contributed by atoms with Gasteiger partial charge in [0.2, 0.25) is 11.8 Å². The molecule has 0 radical (unpaired) electrons. The average molecular weight is 233 g/mol. The van der Waals surface area contributed by atoms with Crippen LogP contribution in [0.25, 0.3) is 0 Å². The first-order chi connectivity index (χ1) is 8.25. The Labute approximate surface area is 99.6 Å². The molecule has 0 saturated carbocycles. The van der Waals surface area contributed by atoms with E-state index in [1.165, 1.54) is 0 Å². The molecule has 2 amide bonds. The van der Waals surface area contributed by atoms with E-state index in [0.29, 0.717) is 25.8 Å². The lowest BCUT2D eigenvalue weighted by molar-refractivity contribution is -0.125. The molecule has 1 fully saturated rings. The molecular weight excluding hydrogens is 218 g/mol. The van der Waals surface area contributed by atoms with E-state index in [-0.39, 0.29) is 17.9 Å². The number of carbonyl (C=O) groups is 2.